The van der Waals surface area contributed by atoms with Crippen molar-refractivity contribution in [1.82, 2.24) is 10.6 Å². The van der Waals surface area contributed by atoms with Crippen LogP contribution in [0.15, 0.2) is 0 Å². The molecule has 1 aliphatic carbocycles. The van der Waals surface area contributed by atoms with E-state index in [2.05, 4.69) is 24.5 Å². The molecule has 0 saturated heterocycles. The lowest BCUT2D eigenvalue weighted by molar-refractivity contribution is 0.492. The Balaban J connectivity index is 1.83. The van der Waals surface area contributed by atoms with E-state index in [0.717, 1.165) is 12.6 Å². The highest BCUT2D eigenvalue weighted by molar-refractivity contribution is 4.73. The molecule has 0 aromatic heterocycles. The average Bonchev–Trinajstić information content (AvgIpc) is 2.55. The lowest BCUT2D eigenvalue weighted by Crippen LogP contribution is -2.30. The third-order valence-electron chi connectivity index (χ3n) is 2.69. The van der Waals surface area contributed by atoms with Gasteiger partial charge in [-0.2, -0.15) is 0 Å². The monoisotopic (exact) mass is 184 g/mol. The van der Waals surface area contributed by atoms with Gasteiger partial charge in [0, 0.05) is 12.1 Å². The highest BCUT2D eigenvalue weighted by Gasteiger charge is 2.12. The van der Waals surface area contributed by atoms with Crippen LogP contribution < -0.4 is 10.6 Å². The molecule has 0 aliphatic heterocycles. The van der Waals surface area contributed by atoms with Crippen LogP contribution in [0.2, 0.25) is 0 Å². The maximum absolute atomic E-state index is 3.62. The Kier molecular flexibility index (Phi) is 5.40. The molecule has 1 saturated carbocycles. The van der Waals surface area contributed by atoms with E-state index in [9.17, 15) is 0 Å². The van der Waals surface area contributed by atoms with Crippen molar-refractivity contribution < 1.29 is 0 Å². The topological polar surface area (TPSA) is 24.1 Å². The van der Waals surface area contributed by atoms with Crippen LogP contribution >= 0.6 is 0 Å². The van der Waals surface area contributed by atoms with Crippen molar-refractivity contribution in [1.29, 1.82) is 0 Å². The molecule has 2 N–H and O–H groups in total. The van der Waals surface area contributed by atoms with Crippen LogP contribution in [0.5, 0.6) is 0 Å². The smallest absolute Gasteiger partial charge is 0.00670 e. The van der Waals surface area contributed by atoms with Gasteiger partial charge in [-0.05, 0) is 32.4 Å². The zero-order valence-corrected chi connectivity index (χ0v) is 9.10. The van der Waals surface area contributed by atoms with Crippen molar-refractivity contribution in [3.63, 3.8) is 0 Å². The second-order valence-electron chi connectivity index (χ2n) is 4.40. The van der Waals surface area contributed by atoms with Gasteiger partial charge in [-0.25, -0.2) is 0 Å². The largest absolute Gasteiger partial charge is 0.314 e. The van der Waals surface area contributed by atoms with Crippen LogP contribution in [-0.2, 0) is 0 Å². The van der Waals surface area contributed by atoms with Crippen LogP contribution in [0, 0.1) is 0 Å². The predicted molar refractivity (Wildman–Crippen MR) is 58.0 cm³/mol. The molecule has 0 radical (unpaired) electrons. The molecule has 0 bridgehead atoms. The maximum Gasteiger partial charge on any atom is 0.00670 e. The van der Waals surface area contributed by atoms with Crippen LogP contribution in [0.4, 0.5) is 0 Å². The fourth-order valence-corrected chi connectivity index (χ4v) is 1.92. The molecule has 0 aromatic rings. The summed E-state index contributed by atoms with van der Waals surface area (Å²) >= 11 is 0. The van der Waals surface area contributed by atoms with Crippen molar-refractivity contribution in [2.24, 2.45) is 0 Å². The normalized spacial score (nSPS) is 18.7. The minimum atomic E-state index is 0.631. The zero-order valence-electron chi connectivity index (χ0n) is 9.10. The fourth-order valence-electron chi connectivity index (χ4n) is 1.92. The van der Waals surface area contributed by atoms with E-state index < -0.39 is 0 Å². The van der Waals surface area contributed by atoms with Crippen molar-refractivity contribution >= 4 is 0 Å². The zero-order chi connectivity index (χ0) is 9.52. The lowest BCUT2D eigenvalue weighted by atomic mass is 10.2. The maximum atomic E-state index is 3.62. The van der Waals surface area contributed by atoms with Gasteiger partial charge >= 0.3 is 0 Å². The molecule has 13 heavy (non-hydrogen) atoms. The molecule has 2 heteroatoms. The summed E-state index contributed by atoms with van der Waals surface area (Å²) in [6.45, 7) is 6.73. The first-order valence-corrected chi connectivity index (χ1v) is 5.76. The quantitative estimate of drug-likeness (QED) is 0.616. The van der Waals surface area contributed by atoms with Gasteiger partial charge in [0.1, 0.15) is 0 Å². The van der Waals surface area contributed by atoms with Crippen molar-refractivity contribution in [2.45, 2.75) is 58.0 Å². The van der Waals surface area contributed by atoms with E-state index >= 15 is 0 Å². The van der Waals surface area contributed by atoms with E-state index in [-0.39, 0.29) is 0 Å². The van der Waals surface area contributed by atoms with Gasteiger partial charge in [0.05, 0.1) is 0 Å². The Labute approximate surface area is 82.5 Å². The number of hydrogen-bond donors (Lipinski definition) is 2. The van der Waals surface area contributed by atoms with Crippen LogP contribution in [0.25, 0.3) is 0 Å². The predicted octanol–water partition coefficient (Wildman–Crippen LogP) is 1.91. The Morgan fingerprint density at radius 2 is 1.85 bits per heavy atom. The van der Waals surface area contributed by atoms with E-state index in [1.54, 1.807) is 0 Å². The summed E-state index contributed by atoms with van der Waals surface area (Å²) in [5.74, 6) is 0. The van der Waals surface area contributed by atoms with Crippen molar-refractivity contribution in [2.75, 3.05) is 13.1 Å². The van der Waals surface area contributed by atoms with Crippen molar-refractivity contribution in [3.8, 4) is 0 Å². The molecular weight excluding hydrogens is 160 g/mol. The first kappa shape index (κ1) is 11.0. The van der Waals surface area contributed by atoms with Crippen LogP contribution in [0.1, 0.15) is 46.0 Å². The molecule has 0 spiro atoms. The first-order valence-electron chi connectivity index (χ1n) is 5.76. The summed E-state index contributed by atoms with van der Waals surface area (Å²) in [4.78, 5) is 0. The minimum Gasteiger partial charge on any atom is -0.314 e. The number of nitrogens with one attached hydrogen (secondary N) is 2. The third kappa shape index (κ3) is 5.27. The van der Waals surface area contributed by atoms with E-state index in [4.69, 9.17) is 0 Å². The van der Waals surface area contributed by atoms with E-state index in [1.165, 1.54) is 38.6 Å². The molecule has 1 fully saturated rings. The van der Waals surface area contributed by atoms with Gasteiger partial charge in [0.15, 0.2) is 0 Å². The summed E-state index contributed by atoms with van der Waals surface area (Å²) in [6, 6.07) is 1.46. The van der Waals surface area contributed by atoms with Gasteiger partial charge in [-0.1, -0.05) is 26.7 Å². The summed E-state index contributed by atoms with van der Waals surface area (Å²) in [5, 5.41) is 7.05. The Morgan fingerprint density at radius 1 is 1.15 bits per heavy atom. The van der Waals surface area contributed by atoms with Crippen LogP contribution in [-0.4, -0.2) is 25.2 Å². The molecular formula is C11H24N2. The number of hydrogen-bond acceptors (Lipinski definition) is 2. The van der Waals surface area contributed by atoms with E-state index in [0.29, 0.717) is 6.04 Å². The molecule has 0 unspecified atom stereocenters. The second kappa shape index (κ2) is 6.39. The fraction of sp³-hybridized carbons (Fsp3) is 1.00. The average molecular weight is 184 g/mol. The molecule has 0 heterocycles. The van der Waals surface area contributed by atoms with Crippen LogP contribution in [0.3, 0.4) is 0 Å². The Hall–Kier alpha value is -0.0800. The minimum absolute atomic E-state index is 0.631. The first-order chi connectivity index (χ1) is 6.29. The SMILES string of the molecule is CC(C)NCCCNC1CCCC1. The molecule has 0 amide bonds. The van der Waals surface area contributed by atoms with Gasteiger partial charge in [0.25, 0.3) is 0 Å². The van der Waals surface area contributed by atoms with E-state index in [1.807, 2.05) is 0 Å². The number of rotatable bonds is 6. The summed E-state index contributed by atoms with van der Waals surface area (Å²) in [6.07, 6.45) is 6.92. The van der Waals surface area contributed by atoms with Gasteiger partial charge < -0.3 is 10.6 Å². The summed E-state index contributed by atoms with van der Waals surface area (Å²) < 4.78 is 0. The Bertz CT molecular complexity index is 117. The third-order valence-corrected chi connectivity index (χ3v) is 2.69. The summed E-state index contributed by atoms with van der Waals surface area (Å²) in [7, 11) is 0. The van der Waals surface area contributed by atoms with Gasteiger partial charge in [-0.15, -0.1) is 0 Å². The standard InChI is InChI=1S/C11H24N2/c1-10(2)12-8-5-9-13-11-6-3-4-7-11/h10-13H,3-9H2,1-2H3. The van der Waals surface area contributed by atoms with Gasteiger partial charge in [0.2, 0.25) is 0 Å². The Morgan fingerprint density at radius 3 is 2.46 bits per heavy atom. The highest BCUT2D eigenvalue weighted by atomic mass is 14.9. The molecule has 0 atom stereocenters. The second-order valence-corrected chi connectivity index (χ2v) is 4.40. The van der Waals surface area contributed by atoms with Gasteiger partial charge in [-0.3, -0.25) is 0 Å². The molecule has 1 rings (SSSR count). The molecule has 0 aromatic carbocycles. The molecule has 2 nitrogen and oxygen atoms in total. The van der Waals surface area contributed by atoms with Crippen molar-refractivity contribution in [3.05, 3.63) is 0 Å². The molecule has 78 valence electrons. The summed E-state index contributed by atoms with van der Waals surface area (Å²) in [5.41, 5.74) is 0. The lowest BCUT2D eigenvalue weighted by Gasteiger charge is -2.12. The highest BCUT2D eigenvalue weighted by Crippen LogP contribution is 2.17. The molecule has 1 aliphatic rings.